The van der Waals surface area contributed by atoms with E-state index in [-0.39, 0.29) is 56.3 Å². The highest BCUT2D eigenvalue weighted by Crippen LogP contribution is 2.24. The Morgan fingerprint density at radius 1 is 1.29 bits per heavy atom. The molecule has 1 aliphatic rings. The molecule has 7 nitrogen and oxygen atoms in total. The van der Waals surface area contributed by atoms with Gasteiger partial charge in [-0.15, -0.1) is 24.8 Å². The highest BCUT2D eigenvalue weighted by Gasteiger charge is 2.14. The van der Waals surface area contributed by atoms with E-state index in [0.29, 0.717) is 24.6 Å². The molecule has 1 aromatic carbocycles. The summed E-state index contributed by atoms with van der Waals surface area (Å²) in [4.78, 5) is 16.0. The molecule has 0 bridgehead atoms. The molecule has 2 rings (SSSR count). The van der Waals surface area contributed by atoms with Crippen LogP contribution in [0, 0.1) is 0 Å². The minimum absolute atomic E-state index is 0. The van der Waals surface area contributed by atoms with Gasteiger partial charge in [0, 0.05) is 31.7 Å². The van der Waals surface area contributed by atoms with E-state index in [1.807, 2.05) is 29.2 Å². The molecule has 0 spiro atoms. The number of hydrogen-bond donors (Lipinski definition) is 4. The first kappa shape index (κ1) is 24.7. The number of nitrogens with one attached hydrogen (secondary N) is 2. The summed E-state index contributed by atoms with van der Waals surface area (Å²) in [5.74, 6) is -0.118. The second kappa shape index (κ2) is 11.9. The molecule has 0 aliphatic carbocycles. The lowest BCUT2D eigenvalue weighted by Gasteiger charge is -2.18. The number of halogens is 3. The molecule has 5 N–H and O–H groups in total. The lowest BCUT2D eigenvalue weighted by Crippen LogP contribution is -3.00. The van der Waals surface area contributed by atoms with Crippen molar-refractivity contribution in [3.8, 4) is 0 Å². The number of rotatable bonds is 6. The van der Waals surface area contributed by atoms with Crippen molar-refractivity contribution in [2.75, 3.05) is 49.8 Å². The number of nitrogens with two attached hydrogens (primary N) is 1. The molecular weight excluding hydrogens is 377 g/mol. The van der Waals surface area contributed by atoms with Crippen LogP contribution in [0.5, 0.6) is 0 Å². The van der Waals surface area contributed by atoms with Crippen LogP contribution >= 0.6 is 24.8 Å². The van der Waals surface area contributed by atoms with E-state index < -0.39 is 0 Å². The molecule has 0 unspecified atom stereocenters. The fourth-order valence-electron chi connectivity index (χ4n) is 2.08. The maximum Gasteiger partial charge on any atom is 0.244 e. The first-order valence-corrected chi connectivity index (χ1v) is 6.75. The SMILES string of the molecule is CN1C=CN(CC(=O)Nc2cc(N)ccc2NCCO)C1.Cl.Cl.[Cl-]. The normalized spacial score (nSPS) is 11.9. The number of carbonyl (C=O) groups excluding carboxylic acids is 1. The highest BCUT2D eigenvalue weighted by molar-refractivity contribution is 5.96. The van der Waals surface area contributed by atoms with Crippen LogP contribution in [0.25, 0.3) is 0 Å². The second-order valence-corrected chi connectivity index (χ2v) is 4.95. The summed E-state index contributed by atoms with van der Waals surface area (Å²) in [6, 6.07) is 5.22. The van der Waals surface area contributed by atoms with Crippen molar-refractivity contribution in [2.24, 2.45) is 0 Å². The molecule has 1 heterocycles. The van der Waals surface area contributed by atoms with Gasteiger partial charge in [0.05, 0.1) is 31.2 Å². The van der Waals surface area contributed by atoms with E-state index in [0.717, 1.165) is 5.69 Å². The molecule has 1 aromatic rings. The first-order valence-electron chi connectivity index (χ1n) is 6.75. The molecule has 0 aromatic heterocycles. The summed E-state index contributed by atoms with van der Waals surface area (Å²) in [5.41, 5.74) is 7.68. The van der Waals surface area contributed by atoms with Gasteiger partial charge in [-0.1, -0.05) is 0 Å². The van der Waals surface area contributed by atoms with E-state index in [2.05, 4.69) is 10.6 Å². The Labute approximate surface area is 160 Å². The zero-order valence-electron chi connectivity index (χ0n) is 13.2. The number of benzene rings is 1. The van der Waals surface area contributed by atoms with Crippen LogP contribution in [0.15, 0.2) is 30.6 Å². The molecule has 1 amide bonds. The van der Waals surface area contributed by atoms with Gasteiger partial charge < -0.3 is 43.7 Å². The van der Waals surface area contributed by atoms with Crippen molar-refractivity contribution in [1.82, 2.24) is 9.80 Å². The molecule has 24 heavy (non-hydrogen) atoms. The first-order chi connectivity index (χ1) is 10.1. The fourth-order valence-corrected chi connectivity index (χ4v) is 2.08. The van der Waals surface area contributed by atoms with Crippen LogP contribution in [-0.2, 0) is 4.79 Å². The summed E-state index contributed by atoms with van der Waals surface area (Å²) in [7, 11) is 1.95. The molecule has 0 saturated heterocycles. The molecule has 1 aliphatic heterocycles. The Morgan fingerprint density at radius 3 is 2.58 bits per heavy atom. The number of nitrogen functional groups attached to an aromatic ring is 1. The maximum absolute atomic E-state index is 12.1. The predicted octanol–water partition coefficient (Wildman–Crippen LogP) is -1.86. The molecule has 10 heteroatoms. The maximum atomic E-state index is 12.1. The average molecular weight is 400 g/mol. The van der Waals surface area contributed by atoms with Crippen LogP contribution in [0.2, 0.25) is 0 Å². The monoisotopic (exact) mass is 398 g/mol. The summed E-state index contributed by atoms with van der Waals surface area (Å²) in [6.07, 6.45) is 3.80. The van der Waals surface area contributed by atoms with Gasteiger partial charge in [0.15, 0.2) is 0 Å². The lowest BCUT2D eigenvalue weighted by molar-refractivity contribution is -0.116. The van der Waals surface area contributed by atoms with Gasteiger partial charge in [-0.25, -0.2) is 0 Å². The number of hydrogen-bond acceptors (Lipinski definition) is 6. The summed E-state index contributed by atoms with van der Waals surface area (Å²) in [6.45, 7) is 1.39. The predicted molar refractivity (Wildman–Crippen MR) is 98.0 cm³/mol. The van der Waals surface area contributed by atoms with Crippen molar-refractivity contribution in [3.63, 3.8) is 0 Å². The van der Waals surface area contributed by atoms with Crippen molar-refractivity contribution >= 4 is 47.8 Å². The Morgan fingerprint density at radius 2 is 2.00 bits per heavy atom. The average Bonchev–Trinajstić information content (AvgIpc) is 2.83. The largest absolute Gasteiger partial charge is 1.00 e. The van der Waals surface area contributed by atoms with E-state index in [1.165, 1.54) is 0 Å². The molecular formula is C14H23Cl3N5O2-. The van der Waals surface area contributed by atoms with Gasteiger partial charge in [0.2, 0.25) is 5.91 Å². The standard InChI is InChI=1S/C14H21N5O2.3ClH/c1-18-5-6-19(10-18)9-14(21)17-13-8-11(15)2-3-12(13)16-4-7-20;;;/h2-3,5-6,8,16,20H,4,7,9-10,15H2,1H3,(H,17,21);3*1H/p-1. The van der Waals surface area contributed by atoms with Crippen molar-refractivity contribution < 1.29 is 22.3 Å². The molecule has 0 saturated carbocycles. The van der Waals surface area contributed by atoms with Gasteiger partial charge in [-0.05, 0) is 18.2 Å². The van der Waals surface area contributed by atoms with Gasteiger partial charge in [0.25, 0.3) is 0 Å². The van der Waals surface area contributed by atoms with Crippen LogP contribution in [0.4, 0.5) is 17.1 Å². The van der Waals surface area contributed by atoms with Gasteiger partial charge in [-0.2, -0.15) is 0 Å². The van der Waals surface area contributed by atoms with E-state index >= 15 is 0 Å². The third-order valence-corrected chi connectivity index (χ3v) is 3.03. The molecule has 0 radical (unpaired) electrons. The molecule has 0 atom stereocenters. The molecule has 138 valence electrons. The topological polar surface area (TPSA) is 93.9 Å². The third kappa shape index (κ3) is 7.35. The number of aliphatic hydroxyl groups is 1. The van der Waals surface area contributed by atoms with Crippen LogP contribution in [-0.4, -0.2) is 54.2 Å². The lowest BCUT2D eigenvalue weighted by atomic mass is 10.2. The van der Waals surface area contributed by atoms with Gasteiger partial charge in [0.1, 0.15) is 0 Å². The smallest absolute Gasteiger partial charge is 0.244 e. The molecule has 0 fully saturated rings. The van der Waals surface area contributed by atoms with Crippen LogP contribution in [0.3, 0.4) is 0 Å². The zero-order chi connectivity index (χ0) is 15.2. The summed E-state index contributed by atoms with van der Waals surface area (Å²) < 4.78 is 0. The van der Waals surface area contributed by atoms with Crippen molar-refractivity contribution in [2.45, 2.75) is 0 Å². The summed E-state index contributed by atoms with van der Waals surface area (Å²) in [5, 5.41) is 14.8. The second-order valence-electron chi connectivity index (χ2n) is 4.95. The van der Waals surface area contributed by atoms with E-state index in [9.17, 15) is 4.79 Å². The third-order valence-electron chi connectivity index (χ3n) is 3.03. The fraction of sp³-hybridized carbons (Fsp3) is 0.357. The minimum Gasteiger partial charge on any atom is -1.00 e. The van der Waals surface area contributed by atoms with Gasteiger partial charge in [-0.3, -0.25) is 4.79 Å². The van der Waals surface area contributed by atoms with Gasteiger partial charge >= 0.3 is 0 Å². The zero-order valence-corrected chi connectivity index (χ0v) is 15.6. The van der Waals surface area contributed by atoms with E-state index in [4.69, 9.17) is 10.8 Å². The minimum atomic E-state index is -0.118. The number of nitrogens with zero attached hydrogens (tertiary/aromatic N) is 2. The van der Waals surface area contributed by atoms with Crippen molar-refractivity contribution in [1.29, 1.82) is 0 Å². The highest BCUT2D eigenvalue weighted by atomic mass is 35.5. The Bertz CT molecular complexity index is 545. The quantitative estimate of drug-likeness (QED) is 0.419. The Kier molecular flexibility index (Phi) is 12.3. The van der Waals surface area contributed by atoms with Crippen molar-refractivity contribution in [3.05, 3.63) is 30.6 Å². The Balaban J connectivity index is 0. The van der Waals surface area contributed by atoms with Crippen LogP contribution in [0.1, 0.15) is 0 Å². The number of amides is 1. The van der Waals surface area contributed by atoms with E-state index in [1.54, 1.807) is 18.2 Å². The number of anilines is 3. The number of aliphatic hydroxyl groups excluding tert-OH is 1. The summed E-state index contributed by atoms with van der Waals surface area (Å²) >= 11 is 0. The Hall–Kier alpha value is -1.54. The number of carbonyl (C=O) groups is 1. The van der Waals surface area contributed by atoms with Crippen LogP contribution < -0.4 is 28.8 Å².